The molecule has 0 radical (unpaired) electrons. The molecular weight excluding hydrogens is 210 g/mol. The average molecular weight is 227 g/mol. The van der Waals surface area contributed by atoms with Gasteiger partial charge >= 0.3 is 0 Å². The fraction of sp³-hybridized carbons (Fsp3) is 0.600. The van der Waals surface area contributed by atoms with Crippen LogP contribution in [0.2, 0.25) is 0 Å². The van der Waals surface area contributed by atoms with E-state index in [-0.39, 0.29) is 11.9 Å². The van der Waals surface area contributed by atoms with E-state index in [2.05, 4.69) is 10.3 Å². The van der Waals surface area contributed by atoms with Gasteiger partial charge in [0, 0.05) is 23.5 Å². The van der Waals surface area contributed by atoms with Gasteiger partial charge in [-0.05, 0) is 20.3 Å². The zero-order valence-electron chi connectivity index (χ0n) is 9.12. The van der Waals surface area contributed by atoms with Crippen molar-refractivity contribution in [2.45, 2.75) is 39.3 Å². The van der Waals surface area contributed by atoms with E-state index in [0.29, 0.717) is 13.0 Å². The minimum atomic E-state index is 0.0418. The molecule has 3 N–H and O–H groups in total. The minimum Gasteiger partial charge on any atom is -0.350 e. The van der Waals surface area contributed by atoms with Gasteiger partial charge in [-0.25, -0.2) is 4.98 Å². The number of hydrogen-bond donors (Lipinski definition) is 2. The van der Waals surface area contributed by atoms with Crippen molar-refractivity contribution in [2.24, 2.45) is 5.73 Å². The molecule has 1 amide bonds. The van der Waals surface area contributed by atoms with E-state index in [1.165, 1.54) is 0 Å². The standard InChI is InChI=1S/C10H17N3OS/c1-7(11)3-4-9(14)12-5-10-13-8(2)6-15-10/h6-7H,3-5,11H2,1-2H3,(H,12,14). The van der Waals surface area contributed by atoms with Gasteiger partial charge in [-0.3, -0.25) is 4.79 Å². The molecule has 1 aromatic heterocycles. The molecule has 0 aliphatic carbocycles. The first-order chi connectivity index (χ1) is 7.08. The lowest BCUT2D eigenvalue weighted by molar-refractivity contribution is -0.121. The highest BCUT2D eigenvalue weighted by Gasteiger charge is 2.04. The molecule has 1 heterocycles. The first kappa shape index (κ1) is 12.1. The molecule has 1 atom stereocenters. The van der Waals surface area contributed by atoms with Crippen molar-refractivity contribution in [3.63, 3.8) is 0 Å². The van der Waals surface area contributed by atoms with Gasteiger partial charge in [0.05, 0.1) is 6.54 Å². The summed E-state index contributed by atoms with van der Waals surface area (Å²) in [5.41, 5.74) is 6.56. The van der Waals surface area contributed by atoms with Gasteiger partial charge in [-0.15, -0.1) is 11.3 Å². The Morgan fingerprint density at radius 2 is 2.47 bits per heavy atom. The summed E-state index contributed by atoms with van der Waals surface area (Å²) in [6, 6.07) is 0.0813. The maximum absolute atomic E-state index is 11.3. The Morgan fingerprint density at radius 3 is 3.00 bits per heavy atom. The highest BCUT2D eigenvalue weighted by atomic mass is 32.1. The molecule has 0 spiro atoms. The Labute approximate surface area is 93.9 Å². The van der Waals surface area contributed by atoms with Crippen molar-refractivity contribution in [1.82, 2.24) is 10.3 Å². The molecule has 1 unspecified atom stereocenters. The largest absolute Gasteiger partial charge is 0.350 e. The van der Waals surface area contributed by atoms with Crippen LogP contribution in [-0.4, -0.2) is 16.9 Å². The molecule has 0 saturated carbocycles. The molecule has 0 aliphatic rings. The van der Waals surface area contributed by atoms with Crippen LogP contribution >= 0.6 is 11.3 Å². The SMILES string of the molecule is Cc1csc(CNC(=O)CCC(C)N)n1. The van der Waals surface area contributed by atoms with Crippen molar-refractivity contribution in [2.75, 3.05) is 0 Å². The van der Waals surface area contributed by atoms with Crippen LogP contribution in [0.5, 0.6) is 0 Å². The lowest BCUT2D eigenvalue weighted by Crippen LogP contribution is -2.25. The molecule has 5 heteroatoms. The van der Waals surface area contributed by atoms with Crippen LogP contribution in [0.3, 0.4) is 0 Å². The Morgan fingerprint density at radius 1 is 1.73 bits per heavy atom. The van der Waals surface area contributed by atoms with E-state index in [1.807, 2.05) is 19.2 Å². The first-order valence-corrected chi connectivity index (χ1v) is 5.89. The molecule has 1 aromatic rings. The highest BCUT2D eigenvalue weighted by molar-refractivity contribution is 7.09. The van der Waals surface area contributed by atoms with Gasteiger partial charge in [0.2, 0.25) is 5.91 Å². The normalized spacial score (nSPS) is 12.5. The third-order valence-electron chi connectivity index (χ3n) is 1.93. The number of hydrogen-bond acceptors (Lipinski definition) is 4. The van der Waals surface area contributed by atoms with E-state index in [4.69, 9.17) is 5.73 Å². The highest BCUT2D eigenvalue weighted by Crippen LogP contribution is 2.07. The molecule has 0 saturated heterocycles. The summed E-state index contributed by atoms with van der Waals surface area (Å²) in [7, 11) is 0. The molecule has 15 heavy (non-hydrogen) atoms. The summed E-state index contributed by atoms with van der Waals surface area (Å²) in [5, 5.41) is 5.74. The van der Waals surface area contributed by atoms with E-state index in [1.54, 1.807) is 11.3 Å². The Bertz CT molecular complexity index is 322. The Kier molecular flexibility index (Phi) is 4.71. The number of carbonyl (C=O) groups excluding carboxylic acids is 1. The van der Waals surface area contributed by atoms with Gasteiger partial charge in [-0.2, -0.15) is 0 Å². The predicted molar refractivity (Wildman–Crippen MR) is 61.6 cm³/mol. The average Bonchev–Trinajstić information content (AvgIpc) is 2.58. The van der Waals surface area contributed by atoms with E-state index < -0.39 is 0 Å². The molecule has 0 bridgehead atoms. The van der Waals surface area contributed by atoms with Crippen LogP contribution in [0.4, 0.5) is 0 Å². The lowest BCUT2D eigenvalue weighted by atomic mass is 10.2. The van der Waals surface area contributed by atoms with Crippen molar-refractivity contribution in [1.29, 1.82) is 0 Å². The van der Waals surface area contributed by atoms with Crippen molar-refractivity contribution < 1.29 is 4.79 Å². The molecular formula is C10H17N3OS. The molecule has 0 fully saturated rings. The predicted octanol–water partition coefficient (Wildman–Crippen LogP) is 1.20. The van der Waals surface area contributed by atoms with E-state index in [0.717, 1.165) is 17.1 Å². The minimum absolute atomic E-state index is 0.0418. The summed E-state index contributed by atoms with van der Waals surface area (Å²) in [6.45, 7) is 4.37. The molecule has 4 nitrogen and oxygen atoms in total. The zero-order valence-corrected chi connectivity index (χ0v) is 9.93. The second kappa shape index (κ2) is 5.82. The Balaban J connectivity index is 2.22. The number of aryl methyl sites for hydroxylation is 1. The molecule has 84 valence electrons. The monoisotopic (exact) mass is 227 g/mol. The number of carbonyl (C=O) groups is 1. The van der Waals surface area contributed by atoms with Crippen LogP contribution in [-0.2, 0) is 11.3 Å². The number of amides is 1. The van der Waals surface area contributed by atoms with Gasteiger partial charge in [0.15, 0.2) is 0 Å². The van der Waals surface area contributed by atoms with Gasteiger partial charge in [0.25, 0.3) is 0 Å². The molecule has 0 aliphatic heterocycles. The topological polar surface area (TPSA) is 68.0 Å². The summed E-state index contributed by atoms with van der Waals surface area (Å²) in [6.07, 6.45) is 1.21. The van der Waals surface area contributed by atoms with Gasteiger partial charge < -0.3 is 11.1 Å². The quantitative estimate of drug-likeness (QED) is 0.794. The molecule has 1 rings (SSSR count). The van der Waals surface area contributed by atoms with Crippen LogP contribution in [0.25, 0.3) is 0 Å². The second-order valence-electron chi connectivity index (χ2n) is 3.68. The van der Waals surface area contributed by atoms with Crippen LogP contribution in [0.15, 0.2) is 5.38 Å². The fourth-order valence-electron chi connectivity index (χ4n) is 1.11. The molecule has 0 aromatic carbocycles. The summed E-state index contributed by atoms with van der Waals surface area (Å²) in [4.78, 5) is 15.6. The van der Waals surface area contributed by atoms with Gasteiger partial charge in [-0.1, -0.05) is 0 Å². The smallest absolute Gasteiger partial charge is 0.220 e. The lowest BCUT2D eigenvalue weighted by Gasteiger charge is -2.05. The maximum Gasteiger partial charge on any atom is 0.220 e. The first-order valence-electron chi connectivity index (χ1n) is 5.01. The van der Waals surface area contributed by atoms with Crippen molar-refractivity contribution in [3.05, 3.63) is 16.1 Å². The number of nitrogens with two attached hydrogens (primary N) is 1. The summed E-state index contributed by atoms with van der Waals surface area (Å²) in [5.74, 6) is 0.0418. The maximum atomic E-state index is 11.3. The van der Waals surface area contributed by atoms with Crippen LogP contribution in [0.1, 0.15) is 30.5 Å². The number of nitrogens with one attached hydrogen (secondary N) is 1. The zero-order chi connectivity index (χ0) is 11.3. The summed E-state index contributed by atoms with van der Waals surface area (Å²) >= 11 is 1.57. The van der Waals surface area contributed by atoms with E-state index in [9.17, 15) is 4.79 Å². The van der Waals surface area contributed by atoms with Crippen LogP contribution < -0.4 is 11.1 Å². The number of thiazole rings is 1. The third-order valence-corrected chi connectivity index (χ3v) is 2.90. The second-order valence-corrected chi connectivity index (χ2v) is 4.62. The van der Waals surface area contributed by atoms with E-state index >= 15 is 0 Å². The number of aromatic nitrogens is 1. The van der Waals surface area contributed by atoms with Gasteiger partial charge in [0.1, 0.15) is 5.01 Å². The third kappa shape index (κ3) is 4.90. The summed E-state index contributed by atoms with van der Waals surface area (Å²) < 4.78 is 0. The Hall–Kier alpha value is -0.940. The van der Waals surface area contributed by atoms with Crippen molar-refractivity contribution >= 4 is 17.2 Å². The number of rotatable bonds is 5. The number of nitrogens with zero attached hydrogens (tertiary/aromatic N) is 1. The van der Waals surface area contributed by atoms with Crippen molar-refractivity contribution in [3.8, 4) is 0 Å². The fourth-order valence-corrected chi connectivity index (χ4v) is 1.82. The van der Waals surface area contributed by atoms with Crippen LogP contribution in [0, 0.1) is 6.92 Å².